The van der Waals surface area contributed by atoms with Crippen LogP contribution in [0, 0.1) is 0 Å². The summed E-state index contributed by atoms with van der Waals surface area (Å²) in [7, 11) is 0. The number of alkyl carbamates (subject to hydrolysis) is 1. The number of nitrogens with zero attached hydrogens (tertiary/aromatic N) is 4. The molecule has 2 aromatic rings. The second kappa shape index (κ2) is 10.0. The average Bonchev–Trinajstić information content (AvgIpc) is 3.18. The Balaban J connectivity index is 1.23. The lowest BCUT2D eigenvalue weighted by Gasteiger charge is -2.37. The summed E-state index contributed by atoms with van der Waals surface area (Å²) in [5, 5.41) is 3.38. The molecule has 0 bridgehead atoms. The maximum absolute atomic E-state index is 12.0. The van der Waals surface area contributed by atoms with E-state index in [-0.39, 0.29) is 12.7 Å². The maximum Gasteiger partial charge on any atom is 0.407 e. The lowest BCUT2D eigenvalue weighted by atomic mass is 10.2. The van der Waals surface area contributed by atoms with E-state index in [1.165, 1.54) is 11.4 Å². The molecular weight excluding hydrogens is 414 g/mol. The van der Waals surface area contributed by atoms with Gasteiger partial charge in [0.2, 0.25) is 0 Å². The van der Waals surface area contributed by atoms with Crippen LogP contribution in [-0.4, -0.2) is 65.2 Å². The van der Waals surface area contributed by atoms with Crippen molar-refractivity contribution >= 4 is 17.7 Å². The first kappa shape index (κ1) is 21.5. The van der Waals surface area contributed by atoms with Crippen LogP contribution in [0.15, 0.2) is 60.1 Å². The monoisotopic (exact) mass is 441 g/mol. The molecule has 1 saturated heterocycles. The third kappa shape index (κ3) is 5.68. The van der Waals surface area contributed by atoms with Crippen molar-refractivity contribution in [1.82, 2.24) is 25.0 Å². The predicted molar refractivity (Wildman–Crippen MR) is 120 cm³/mol. The van der Waals surface area contributed by atoms with Crippen LogP contribution in [0.3, 0.4) is 0 Å². The largest absolute Gasteiger partial charge is 0.445 e. The van der Waals surface area contributed by atoms with E-state index in [1.807, 2.05) is 48.7 Å². The molecule has 0 spiro atoms. The summed E-state index contributed by atoms with van der Waals surface area (Å²) in [6, 6.07) is 13.6. The van der Waals surface area contributed by atoms with E-state index in [2.05, 4.69) is 31.9 Å². The zero-order valence-corrected chi connectivity index (χ0v) is 18.5. The van der Waals surface area contributed by atoms with E-state index in [0.717, 1.165) is 50.5 Å². The number of fused-ring (bicyclic) bond motifs is 1. The van der Waals surface area contributed by atoms with Crippen molar-refractivity contribution in [2.24, 2.45) is 0 Å². The zero-order chi connectivity index (χ0) is 21.6. The van der Waals surface area contributed by atoms with E-state index < -0.39 is 0 Å². The molecule has 2 aliphatic heterocycles. The van der Waals surface area contributed by atoms with E-state index in [1.54, 1.807) is 0 Å². The summed E-state index contributed by atoms with van der Waals surface area (Å²) in [5.74, 6) is 1.32. The molecule has 8 heteroatoms. The third-order valence-corrected chi connectivity index (χ3v) is 5.75. The topological polar surface area (TPSA) is 60.9 Å². The van der Waals surface area contributed by atoms with Crippen molar-refractivity contribution in [2.45, 2.75) is 20.1 Å². The predicted octanol–water partition coefficient (Wildman–Crippen LogP) is 3.28. The molecule has 2 aliphatic rings. The Morgan fingerprint density at radius 1 is 1.16 bits per heavy atom. The van der Waals surface area contributed by atoms with Gasteiger partial charge in [0.05, 0.1) is 6.67 Å². The van der Waals surface area contributed by atoms with E-state index in [0.29, 0.717) is 11.7 Å². The highest BCUT2D eigenvalue weighted by Crippen LogP contribution is 2.28. The number of nitrogens with one attached hydrogen (secondary N) is 1. The van der Waals surface area contributed by atoms with Crippen molar-refractivity contribution in [3.05, 3.63) is 76.3 Å². The first-order chi connectivity index (χ1) is 15.1. The SMILES string of the molecule is CC1=C2N(Cc3ccc(Cl)nc3)CCN2CN(CCNC(=O)OCc2ccccc2)C1. The summed E-state index contributed by atoms with van der Waals surface area (Å²) in [6.45, 7) is 8.40. The summed E-state index contributed by atoms with van der Waals surface area (Å²) >= 11 is 5.90. The number of hydrogen-bond donors (Lipinski definition) is 1. The van der Waals surface area contributed by atoms with Gasteiger partial charge in [-0.1, -0.05) is 48.0 Å². The first-order valence-corrected chi connectivity index (χ1v) is 10.9. The fraction of sp³-hybridized carbons (Fsp3) is 0.391. The minimum Gasteiger partial charge on any atom is -0.445 e. The van der Waals surface area contributed by atoms with Crippen LogP contribution in [0.4, 0.5) is 4.79 Å². The Morgan fingerprint density at radius 2 is 2.00 bits per heavy atom. The third-order valence-electron chi connectivity index (χ3n) is 5.52. The Morgan fingerprint density at radius 3 is 2.77 bits per heavy atom. The van der Waals surface area contributed by atoms with Crippen LogP contribution in [-0.2, 0) is 17.9 Å². The summed E-state index contributed by atoms with van der Waals surface area (Å²) in [6.07, 6.45) is 1.47. The molecule has 31 heavy (non-hydrogen) atoms. The van der Waals surface area contributed by atoms with Gasteiger partial charge in [0.25, 0.3) is 0 Å². The van der Waals surface area contributed by atoms with Gasteiger partial charge < -0.3 is 19.9 Å². The van der Waals surface area contributed by atoms with Gasteiger partial charge in [-0.05, 0) is 29.7 Å². The Hall–Kier alpha value is -2.77. The van der Waals surface area contributed by atoms with Gasteiger partial charge in [0.15, 0.2) is 0 Å². The number of aromatic nitrogens is 1. The van der Waals surface area contributed by atoms with Crippen LogP contribution in [0.2, 0.25) is 5.15 Å². The van der Waals surface area contributed by atoms with Crippen molar-refractivity contribution in [1.29, 1.82) is 0 Å². The van der Waals surface area contributed by atoms with Gasteiger partial charge in [-0.25, -0.2) is 9.78 Å². The highest BCUT2D eigenvalue weighted by Gasteiger charge is 2.31. The van der Waals surface area contributed by atoms with Crippen LogP contribution < -0.4 is 5.32 Å². The summed E-state index contributed by atoms with van der Waals surface area (Å²) in [5.41, 5.74) is 3.49. The summed E-state index contributed by atoms with van der Waals surface area (Å²) in [4.78, 5) is 23.3. The second-order valence-corrected chi connectivity index (χ2v) is 8.35. The summed E-state index contributed by atoms with van der Waals surface area (Å²) < 4.78 is 5.28. The smallest absolute Gasteiger partial charge is 0.407 e. The number of carbonyl (C=O) groups excluding carboxylic acids is 1. The van der Waals surface area contributed by atoms with Crippen LogP contribution in [0.25, 0.3) is 0 Å². The fourth-order valence-corrected chi connectivity index (χ4v) is 4.25. The Kier molecular flexibility index (Phi) is 6.94. The molecule has 1 aromatic carbocycles. The van der Waals surface area contributed by atoms with E-state index in [9.17, 15) is 4.79 Å². The number of pyridine rings is 1. The number of benzene rings is 1. The van der Waals surface area contributed by atoms with Crippen LogP contribution in [0.1, 0.15) is 18.1 Å². The average molecular weight is 442 g/mol. The van der Waals surface area contributed by atoms with Gasteiger partial charge >= 0.3 is 6.09 Å². The number of carbonyl (C=O) groups is 1. The molecule has 164 valence electrons. The number of amides is 1. The molecule has 1 fully saturated rings. The first-order valence-electron chi connectivity index (χ1n) is 10.6. The molecule has 0 aliphatic carbocycles. The highest BCUT2D eigenvalue weighted by atomic mass is 35.5. The molecule has 7 nitrogen and oxygen atoms in total. The van der Waals surface area contributed by atoms with Gasteiger partial charge in [0, 0.05) is 45.5 Å². The van der Waals surface area contributed by atoms with Crippen LogP contribution >= 0.6 is 11.6 Å². The maximum atomic E-state index is 12.0. The standard InChI is InChI=1S/C23H28ClN5O2/c1-18-14-27(10-9-25-23(30)31-16-19-5-3-2-4-6-19)17-29-12-11-28(22(18)29)15-20-7-8-21(24)26-13-20/h2-8,13H,9-12,14-17H2,1H3,(H,25,30). The Bertz CT molecular complexity index is 919. The molecule has 3 heterocycles. The molecule has 1 aromatic heterocycles. The number of ether oxygens (including phenoxy) is 1. The van der Waals surface area contributed by atoms with Crippen molar-refractivity contribution in [3.8, 4) is 0 Å². The molecule has 1 amide bonds. The molecule has 0 radical (unpaired) electrons. The molecular formula is C23H28ClN5O2. The van der Waals surface area contributed by atoms with E-state index in [4.69, 9.17) is 16.3 Å². The molecule has 0 atom stereocenters. The lowest BCUT2D eigenvalue weighted by molar-refractivity contribution is 0.131. The van der Waals surface area contributed by atoms with Crippen LogP contribution in [0.5, 0.6) is 0 Å². The fourth-order valence-electron chi connectivity index (χ4n) is 4.14. The molecule has 0 saturated carbocycles. The normalized spacial score (nSPS) is 16.5. The zero-order valence-electron chi connectivity index (χ0n) is 17.8. The minimum atomic E-state index is -0.377. The van der Waals surface area contributed by atoms with Gasteiger partial charge in [-0.3, -0.25) is 4.90 Å². The molecule has 0 unspecified atom stereocenters. The Labute approximate surface area is 188 Å². The highest BCUT2D eigenvalue weighted by molar-refractivity contribution is 6.29. The van der Waals surface area contributed by atoms with E-state index >= 15 is 0 Å². The van der Waals surface area contributed by atoms with Gasteiger partial charge in [0.1, 0.15) is 17.6 Å². The van der Waals surface area contributed by atoms with Gasteiger partial charge in [-0.2, -0.15) is 0 Å². The molecule has 1 N–H and O–H groups in total. The van der Waals surface area contributed by atoms with Crippen molar-refractivity contribution in [2.75, 3.05) is 39.4 Å². The van der Waals surface area contributed by atoms with Crippen molar-refractivity contribution < 1.29 is 9.53 Å². The van der Waals surface area contributed by atoms with Gasteiger partial charge in [-0.15, -0.1) is 0 Å². The van der Waals surface area contributed by atoms with Crippen molar-refractivity contribution in [3.63, 3.8) is 0 Å². The number of halogens is 1. The lowest BCUT2D eigenvalue weighted by Crippen LogP contribution is -2.45. The number of hydrogen-bond acceptors (Lipinski definition) is 6. The number of rotatable bonds is 7. The second-order valence-electron chi connectivity index (χ2n) is 7.96. The minimum absolute atomic E-state index is 0.286. The quantitative estimate of drug-likeness (QED) is 0.665. The molecule has 4 rings (SSSR count).